The molecule has 1 fully saturated rings. The normalized spacial score (nSPS) is 18.7. The third-order valence-corrected chi connectivity index (χ3v) is 6.83. The number of nitrogens with zero attached hydrogens (tertiary/aromatic N) is 2. The number of hydrogen-bond donors (Lipinski definition) is 1. The molecule has 1 unspecified atom stereocenters. The van der Waals surface area contributed by atoms with Gasteiger partial charge in [0.2, 0.25) is 10.0 Å². The van der Waals surface area contributed by atoms with Crippen molar-refractivity contribution in [2.24, 2.45) is 0 Å². The lowest BCUT2D eigenvalue weighted by Gasteiger charge is -2.24. The Morgan fingerprint density at radius 3 is 2.60 bits per heavy atom. The molecule has 2 aromatic rings. The van der Waals surface area contributed by atoms with Gasteiger partial charge < -0.3 is 4.90 Å². The van der Waals surface area contributed by atoms with Crippen LogP contribution in [0.3, 0.4) is 0 Å². The van der Waals surface area contributed by atoms with E-state index in [2.05, 4.69) is 35.4 Å². The van der Waals surface area contributed by atoms with Gasteiger partial charge in [0.05, 0.1) is 4.90 Å². The van der Waals surface area contributed by atoms with Gasteiger partial charge in [0.15, 0.2) is 5.13 Å². The van der Waals surface area contributed by atoms with Crippen LogP contribution in [0, 0.1) is 0 Å². The molecule has 2 heterocycles. The van der Waals surface area contributed by atoms with Crippen LogP contribution < -0.4 is 9.62 Å². The van der Waals surface area contributed by atoms with Gasteiger partial charge in [0, 0.05) is 30.7 Å². The fourth-order valence-electron chi connectivity index (χ4n) is 3.08. The first-order chi connectivity index (χ1) is 11.8. The van der Waals surface area contributed by atoms with E-state index in [1.165, 1.54) is 0 Å². The first-order valence-electron chi connectivity index (χ1n) is 8.54. The summed E-state index contributed by atoms with van der Waals surface area (Å²) < 4.78 is 28.0. The number of sulfonamides is 1. The molecule has 0 amide bonds. The lowest BCUT2D eigenvalue weighted by atomic mass is 9.87. The van der Waals surface area contributed by atoms with Crippen LogP contribution in [0.25, 0.3) is 0 Å². The number of rotatable bonds is 5. The molecule has 0 bridgehead atoms. The van der Waals surface area contributed by atoms with Crippen LogP contribution in [0.1, 0.15) is 39.2 Å². The second kappa shape index (κ2) is 7.05. The minimum absolute atomic E-state index is 0.00771. The summed E-state index contributed by atoms with van der Waals surface area (Å²) in [6.07, 6.45) is 3.83. The molecule has 0 aliphatic carbocycles. The van der Waals surface area contributed by atoms with Gasteiger partial charge in [-0.2, -0.15) is 0 Å². The topological polar surface area (TPSA) is 62.3 Å². The van der Waals surface area contributed by atoms with Gasteiger partial charge in [-0.15, -0.1) is 11.3 Å². The molecule has 1 aliphatic rings. The number of benzene rings is 1. The smallest absolute Gasteiger partial charge is 0.240 e. The van der Waals surface area contributed by atoms with E-state index in [-0.39, 0.29) is 11.5 Å². The molecule has 3 rings (SSSR count). The number of aromatic nitrogens is 1. The lowest BCUT2D eigenvalue weighted by molar-refractivity contribution is 0.565. The van der Waals surface area contributed by atoms with Gasteiger partial charge in [-0.1, -0.05) is 32.9 Å². The number of anilines is 1. The van der Waals surface area contributed by atoms with E-state index in [1.807, 2.05) is 17.5 Å². The van der Waals surface area contributed by atoms with Gasteiger partial charge in [-0.25, -0.2) is 18.1 Å². The molecule has 1 aliphatic heterocycles. The van der Waals surface area contributed by atoms with Crippen molar-refractivity contribution in [2.75, 3.05) is 18.0 Å². The predicted octanol–water partition coefficient (Wildman–Crippen LogP) is 3.39. The second-order valence-electron chi connectivity index (χ2n) is 7.43. The van der Waals surface area contributed by atoms with E-state index in [0.717, 1.165) is 30.1 Å². The highest BCUT2D eigenvalue weighted by Crippen LogP contribution is 2.27. The van der Waals surface area contributed by atoms with E-state index in [0.29, 0.717) is 11.4 Å². The monoisotopic (exact) mass is 379 g/mol. The standard InChI is InChI=1S/C18H25N3O2S2/c1-18(2,3)14-6-8-16(9-7-14)25(22,23)20-13-15-5-4-11-21(15)17-19-10-12-24-17/h6-10,12,15,20H,4-5,11,13H2,1-3H3. The first kappa shape index (κ1) is 18.4. The predicted molar refractivity (Wildman–Crippen MR) is 103 cm³/mol. The maximum absolute atomic E-state index is 12.6. The SMILES string of the molecule is CC(C)(C)c1ccc(S(=O)(=O)NCC2CCCN2c2nccs2)cc1. The Labute approximate surface area is 154 Å². The Morgan fingerprint density at radius 2 is 2.00 bits per heavy atom. The summed E-state index contributed by atoms with van der Waals surface area (Å²) in [5, 5.41) is 2.92. The zero-order chi connectivity index (χ0) is 18.1. The molecule has 7 heteroatoms. The maximum atomic E-state index is 12.6. The fraction of sp³-hybridized carbons (Fsp3) is 0.500. The minimum atomic E-state index is -3.50. The average molecular weight is 380 g/mol. The van der Waals surface area contributed by atoms with Crippen molar-refractivity contribution >= 4 is 26.5 Å². The molecule has 136 valence electrons. The Morgan fingerprint density at radius 1 is 1.28 bits per heavy atom. The summed E-state index contributed by atoms with van der Waals surface area (Å²) in [5.41, 5.74) is 1.13. The molecular weight excluding hydrogens is 354 g/mol. The van der Waals surface area contributed by atoms with Crippen molar-refractivity contribution in [1.29, 1.82) is 0 Å². The largest absolute Gasteiger partial charge is 0.344 e. The van der Waals surface area contributed by atoms with E-state index >= 15 is 0 Å². The second-order valence-corrected chi connectivity index (χ2v) is 10.1. The van der Waals surface area contributed by atoms with Crippen LogP contribution >= 0.6 is 11.3 Å². The van der Waals surface area contributed by atoms with E-state index in [1.54, 1.807) is 29.7 Å². The Hall–Kier alpha value is -1.44. The van der Waals surface area contributed by atoms with Crippen molar-refractivity contribution in [2.45, 2.75) is 50.0 Å². The van der Waals surface area contributed by atoms with Crippen LogP contribution in [0.5, 0.6) is 0 Å². The maximum Gasteiger partial charge on any atom is 0.240 e. The lowest BCUT2D eigenvalue weighted by Crippen LogP contribution is -2.40. The molecule has 1 aromatic heterocycles. The van der Waals surface area contributed by atoms with E-state index in [4.69, 9.17) is 0 Å². The highest BCUT2D eigenvalue weighted by atomic mass is 32.2. The van der Waals surface area contributed by atoms with Crippen molar-refractivity contribution < 1.29 is 8.42 Å². The molecular formula is C18H25N3O2S2. The third-order valence-electron chi connectivity index (χ3n) is 4.58. The molecule has 1 aromatic carbocycles. The van der Waals surface area contributed by atoms with Crippen LogP contribution in [0.15, 0.2) is 40.7 Å². The van der Waals surface area contributed by atoms with Crippen LogP contribution in [0.4, 0.5) is 5.13 Å². The molecule has 25 heavy (non-hydrogen) atoms. The zero-order valence-corrected chi connectivity index (χ0v) is 16.5. The first-order valence-corrected chi connectivity index (χ1v) is 10.9. The quantitative estimate of drug-likeness (QED) is 0.865. The number of hydrogen-bond acceptors (Lipinski definition) is 5. The summed E-state index contributed by atoms with van der Waals surface area (Å²) in [7, 11) is -3.50. The summed E-state index contributed by atoms with van der Waals surface area (Å²) >= 11 is 1.60. The van der Waals surface area contributed by atoms with Crippen molar-refractivity contribution in [3.8, 4) is 0 Å². The Balaban J connectivity index is 1.67. The van der Waals surface area contributed by atoms with E-state index in [9.17, 15) is 8.42 Å². The Kier molecular flexibility index (Phi) is 5.18. The van der Waals surface area contributed by atoms with Gasteiger partial charge >= 0.3 is 0 Å². The molecule has 0 spiro atoms. The summed E-state index contributed by atoms with van der Waals surface area (Å²) in [5.74, 6) is 0. The van der Waals surface area contributed by atoms with Gasteiger partial charge in [0.1, 0.15) is 0 Å². The van der Waals surface area contributed by atoms with Crippen LogP contribution in [-0.4, -0.2) is 32.5 Å². The highest BCUT2D eigenvalue weighted by molar-refractivity contribution is 7.89. The Bertz CT molecular complexity index is 794. The number of thiazole rings is 1. The molecule has 1 N–H and O–H groups in total. The summed E-state index contributed by atoms with van der Waals surface area (Å²) in [4.78, 5) is 6.87. The molecule has 1 saturated heterocycles. The van der Waals surface area contributed by atoms with Crippen molar-refractivity contribution in [3.05, 3.63) is 41.4 Å². The fourth-order valence-corrected chi connectivity index (χ4v) is 4.89. The molecule has 0 radical (unpaired) electrons. The molecule has 0 saturated carbocycles. The third kappa shape index (κ3) is 4.22. The van der Waals surface area contributed by atoms with Crippen molar-refractivity contribution in [3.63, 3.8) is 0 Å². The summed E-state index contributed by atoms with van der Waals surface area (Å²) in [6.45, 7) is 7.68. The van der Waals surface area contributed by atoms with Gasteiger partial charge in [0.25, 0.3) is 0 Å². The van der Waals surface area contributed by atoms with Crippen molar-refractivity contribution in [1.82, 2.24) is 9.71 Å². The average Bonchev–Trinajstić information content (AvgIpc) is 3.23. The van der Waals surface area contributed by atoms with Gasteiger partial charge in [-0.05, 0) is 36.0 Å². The van der Waals surface area contributed by atoms with Crippen LogP contribution in [-0.2, 0) is 15.4 Å². The summed E-state index contributed by atoms with van der Waals surface area (Å²) in [6, 6.07) is 7.33. The van der Waals surface area contributed by atoms with Crippen LogP contribution in [0.2, 0.25) is 0 Å². The van der Waals surface area contributed by atoms with E-state index < -0.39 is 10.0 Å². The molecule has 1 atom stereocenters. The minimum Gasteiger partial charge on any atom is -0.344 e. The number of nitrogens with one attached hydrogen (secondary N) is 1. The molecule has 5 nitrogen and oxygen atoms in total. The highest BCUT2D eigenvalue weighted by Gasteiger charge is 2.28. The van der Waals surface area contributed by atoms with Gasteiger partial charge in [-0.3, -0.25) is 0 Å². The zero-order valence-electron chi connectivity index (χ0n) is 14.9.